The van der Waals surface area contributed by atoms with Crippen molar-refractivity contribution in [3.63, 3.8) is 0 Å². The molecule has 16 heavy (non-hydrogen) atoms. The highest BCUT2D eigenvalue weighted by molar-refractivity contribution is 5.69. The van der Waals surface area contributed by atoms with Crippen molar-refractivity contribution in [3.8, 4) is 0 Å². The summed E-state index contributed by atoms with van der Waals surface area (Å²) in [5.41, 5.74) is 2.36. The van der Waals surface area contributed by atoms with Gasteiger partial charge in [-0.2, -0.15) is 0 Å². The molecule has 0 aliphatic heterocycles. The van der Waals surface area contributed by atoms with E-state index in [1.54, 1.807) is 0 Å². The Morgan fingerprint density at radius 2 is 2.00 bits per heavy atom. The SMILES string of the molecule is CCCC(=O)OCC=Cc1ccc(C)cc1. The number of carbonyl (C=O) groups is 1. The Hall–Kier alpha value is -1.57. The fraction of sp³-hybridized carbons (Fsp3) is 0.357. The maximum Gasteiger partial charge on any atom is 0.306 e. The Labute approximate surface area is 96.9 Å². The van der Waals surface area contributed by atoms with Gasteiger partial charge in [0.15, 0.2) is 0 Å². The molecule has 2 nitrogen and oxygen atoms in total. The molecule has 1 aromatic carbocycles. The van der Waals surface area contributed by atoms with Crippen molar-refractivity contribution in [2.75, 3.05) is 6.61 Å². The van der Waals surface area contributed by atoms with Crippen LogP contribution in [0, 0.1) is 6.92 Å². The van der Waals surface area contributed by atoms with Gasteiger partial charge < -0.3 is 4.74 Å². The monoisotopic (exact) mass is 218 g/mol. The van der Waals surface area contributed by atoms with Crippen molar-refractivity contribution < 1.29 is 9.53 Å². The smallest absolute Gasteiger partial charge is 0.306 e. The van der Waals surface area contributed by atoms with Crippen molar-refractivity contribution in [1.29, 1.82) is 0 Å². The van der Waals surface area contributed by atoms with Crippen LogP contribution in [0.4, 0.5) is 0 Å². The van der Waals surface area contributed by atoms with Crippen LogP contribution < -0.4 is 0 Å². The molecule has 0 saturated heterocycles. The van der Waals surface area contributed by atoms with E-state index in [9.17, 15) is 4.79 Å². The van der Waals surface area contributed by atoms with E-state index in [4.69, 9.17) is 4.74 Å². The molecule has 1 aromatic rings. The molecule has 0 unspecified atom stereocenters. The van der Waals surface area contributed by atoms with Gasteiger partial charge in [-0.15, -0.1) is 0 Å². The van der Waals surface area contributed by atoms with E-state index in [1.807, 2.05) is 31.2 Å². The Morgan fingerprint density at radius 3 is 2.62 bits per heavy atom. The van der Waals surface area contributed by atoms with E-state index in [1.165, 1.54) is 5.56 Å². The van der Waals surface area contributed by atoms with Crippen LogP contribution in [0.15, 0.2) is 30.3 Å². The molecule has 0 aliphatic carbocycles. The fourth-order valence-electron chi connectivity index (χ4n) is 1.28. The van der Waals surface area contributed by atoms with Crippen molar-refractivity contribution >= 4 is 12.0 Å². The molecule has 1 rings (SSSR count). The lowest BCUT2D eigenvalue weighted by Crippen LogP contribution is -2.02. The van der Waals surface area contributed by atoms with Gasteiger partial charge in [-0.3, -0.25) is 4.79 Å². The van der Waals surface area contributed by atoms with E-state index < -0.39 is 0 Å². The number of hydrogen-bond donors (Lipinski definition) is 0. The van der Waals surface area contributed by atoms with Gasteiger partial charge in [0, 0.05) is 6.42 Å². The zero-order chi connectivity index (χ0) is 11.8. The molecular formula is C14H18O2. The molecule has 0 amide bonds. The molecule has 0 fully saturated rings. The lowest BCUT2D eigenvalue weighted by Gasteiger charge is -1.99. The van der Waals surface area contributed by atoms with Crippen molar-refractivity contribution in [3.05, 3.63) is 41.5 Å². The molecule has 0 spiro atoms. The summed E-state index contributed by atoms with van der Waals surface area (Å²) in [5, 5.41) is 0. The molecule has 0 aliphatic rings. The van der Waals surface area contributed by atoms with Crippen LogP contribution in [0.5, 0.6) is 0 Å². The Kier molecular flexibility index (Phi) is 5.34. The predicted molar refractivity (Wildman–Crippen MR) is 66.1 cm³/mol. The summed E-state index contributed by atoms with van der Waals surface area (Å²) in [7, 11) is 0. The molecule has 0 saturated carbocycles. The van der Waals surface area contributed by atoms with Crippen molar-refractivity contribution in [1.82, 2.24) is 0 Å². The predicted octanol–water partition coefficient (Wildman–Crippen LogP) is 3.35. The van der Waals surface area contributed by atoms with Gasteiger partial charge in [-0.1, -0.05) is 42.8 Å². The fourth-order valence-corrected chi connectivity index (χ4v) is 1.28. The summed E-state index contributed by atoms with van der Waals surface area (Å²) >= 11 is 0. The van der Waals surface area contributed by atoms with Crippen molar-refractivity contribution in [2.45, 2.75) is 26.7 Å². The Balaban J connectivity index is 2.32. The number of rotatable bonds is 5. The largest absolute Gasteiger partial charge is 0.461 e. The number of hydrogen-bond acceptors (Lipinski definition) is 2. The Bertz CT molecular complexity index is 350. The van der Waals surface area contributed by atoms with Crippen LogP contribution >= 0.6 is 0 Å². The molecular weight excluding hydrogens is 200 g/mol. The summed E-state index contributed by atoms with van der Waals surface area (Å²) in [6.07, 6.45) is 5.15. The normalized spacial score (nSPS) is 10.6. The minimum absolute atomic E-state index is 0.129. The van der Waals surface area contributed by atoms with Crippen LogP contribution in [-0.4, -0.2) is 12.6 Å². The first kappa shape index (κ1) is 12.5. The van der Waals surface area contributed by atoms with Crippen LogP contribution in [0.3, 0.4) is 0 Å². The zero-order valence-electron chi connectivity index (χ0n) is 9.90. The third-order valence-corrected chi connectivity index (χ3v) is 2.18. The van der Waals surface area contributed by atoms with Gasteiger partial charge >= 0.3 is 5.97 Å². The Morgan fingerprint density at radius 1 is 1.31 bits per heavy atom. The van der Waals surface area contributed by atoms with Gasteiger partial charge in [0.05, 0.1) is 0 Å². The molecule has 0 heterocycles. The molecule has 86 valence electrons. The average molecular weight is 218 g/mol. The third-order valence-electron chi connectivity index (χ3n) is 2.18. The second-order valence-electron chi connectivity index (χ2n) is 3.75. The number of aryl methyl sites for hydroxylation is 1. The number of esters is 1. The number of carbonyl (C=O) groups excluding carboxylic acids is 1. The number of ether oxygens (including phenoxy) is 1. The molecule has 0 atom stereocenters. The highest BCUT2D eigenvalue weighted by Gasteiger charge is 1.97. The highest BCUT2D eigenvalue weighted by atomic mass is 16.5. The third kappa shape index (κ3) is 4.78. The summed E-state index contributed by atoms with van der Waals surface area (Å²) < 4.78 is 5.00. The summed E-state index contributed by atoms with van der Waals surface area (Å²) in [5.74, 6) is -0.129. The van der Waals surface area contributed by atoms with Crippen molar-refractivity contribution in [2.24, 2.45) is 0 Å². The summed E-state index contributed by atoms with van der Waals surface area (Å²) in [6, 6.07) is 8.20. The van der Waals surface area contributed by atoms with Gasteiger partial charge in [0.25, 0.3) is 0 Å². The van der Waals surface area contributed by atoms with Crippen LogP contribution in [-0.2, 0) is 9.53 Å². The first-order chi connectivity index (χ1) is 7.72. The van der Waals surface area contributed by atoms with Gasteiger partial charge in [0.2, 0.25) is 0 Å². The first-order valence-corrected chi connectivity index (χ1v) is 5.61. The van der Waals surface area contributed by atoms with E-state index in [-0.39, 0.29) is 5.97 Å². The topological polar surface area (TPSA) is 26.3 Å². The van der Waals surface area contributed by atoms with Gasteiger partial charge in [-0.05, 0) is 25.0 Å². The molecule has 0 aromatic heterocycles. The lowest BCUT2D eigenvalue weighted by atomic mass is 10.1. The maximum absolute atomic E-state index is 11.0. The van der Waals surface area contributed by atoms with E-state index >= 15 is 0 Å². The second kappa shape index (κ2) is 6.83. The van der Waals surface area contributed by atoms with Crippen LogP contribution in [0.1, 0.15) is 30.9 Å². The van der Waals surface area contributed by atoms with E-state index in [2.05, 4.69) is 19.1 Å². The van der Waals surface area contributed by atoms with Gasteiger partial charge in [0.1, 0.15) is 6.61 Å². The van der Waals surface area contributed by atoms with Crippen LogP contribution in [0.25, 0.3) is 6.08 Å². The number of benzene rings is 1. The highest BCUT2D eigenvalue weighted by Crippen LogP contribution is 2.04. The molecule has 0 radical (unpaired) electrons. The molecule has 0 N–H and O–H groups in total. The zero-order valence-corrected chi connectivity index (χ0v) is 9.90. The lowest BCUT2D eigenvalue weighted by molar-refractivity contribution is -0.142. The van der Waals surface area contributed by atoms with Crippen LogP contribution in [0.2, 0.25) is 0 Å². The summed E-state index contributed by atoms with van der Waals surface area (Å²) in [6.45, 7) is 4.37. The van der Waals surface area contributed by atoms with Gasteiger partial charge in [-0.25, -0.2) is 0 Å². The maximum atomic E-state index is 11.0. The standard InChI is InChI=1S/C14H18O2/c1-3-5-14(15)16-11-4-6-13-9-7-12(2)8-10-13/h4,6-10H,3,5,11H2,1-2H3. The first-order valence-electron chi connectivity index (χ1n) is 5.61. The molecule has 0 bridgehead atoms. The quantitative estimate of drug-likeness (QED) is 0.708. The van der Waals surface area contributed by atoms with E-state index in [0.29, 0.717) is 13.0 Å². The minimum Gasteiger partial charge on any atom is -0.461 e. The minimum atomic E-state index is -0.129. The molecule has 2 heteroatoms. The average Bonchev–Trinajstić information content (AvgIpc) is 2.27. The second-order valence-corrected chi connectivity index (χ2v) is 3.75. The van der Waals surface area contributed by atoms with E-state index in [0.717, 1.165) is 12.0 Å². The summed E-state index contributed by atoms with van der Waals surface area (Å²) in [4.78, 5) is 11.0.